The Morgan fingerprint density at radius 1 is 1.14 bits per heavy atom. The van der Waals surface area contributed by atoms with Gasteiger partial charge in [0.1, 0.15) is 5.75 Å². The van der Waals surface area contributed by atoms with Crippen molar-refractivity contribution in [2.24, 2.45) is 0 Å². The largest absolute Gasteiger partial charge is 0.491 e. The Morgan fingerprint density at radius 2 is 1.86 bits per heavy atom. The number of thioether (sulfide) groups is 1. The van der Waals surface area contributed by atoms with Crippen molar-refractivity contribution in [3.8, 4) is 5.75 Å². The lowest BCUT2D eigenvalue weighted by Crippen LogP contribution is -2.38. The van der Waals surface area contributed by atoms with Crippen LogP contribution in [-0.4, -0.2) is 29.2 Å². The predicted octanol–water partition coefficient (Wildman–Crippen LogP) is 4.41. The molecular formula is C23H28N2O3S. The highest BCUT2D eigenvalue weighted by atomic mass is 32.2. The number of anilines is 1. The van der Waals surface area contributed by atoms with Crippen LogP contribution in [0, 0.1) is 0 Å². The molecule has 2 aromatic carbocycles. The van der Waals surface area contributed by atoms with Gasteiger partial charge in [0.15, 0.2) is 0 Å². The number of rotatable bonds is 8. The van der Waals surface area contributed by atoms with Crippen LogP contribution in [0.3, 0.4) is 0 Å². The van der Waals surface area contributed by atoms with Gasteiger partial charge in [-0.3, -0.25) is 9.59 Å². The first kappa shape index (κ1) is 21.2. The summed E-state index contributed by atoms with van der Waals surface area (Å²) in [6.45, 7) is 6.01. The summed E-state index contributed by atoms with van der Waals surface area (Å²) in [5.74, 6) is 0.667. The van der Waals surface area contributed by atoms with Gasteiger partial charge < -0.3 is 15.4 Å². The average molecular weight is 413 g/mol. The fraction of sp³-hybridized carbons (Fsp3) is 0.391. The molecule has 1 aliphatic heterocycles. The van der Waals surface area contributed by atoms with E-state index in [0.717, 1.165) is 29.2 Å². The highest BCUT2D eigenvalue weighted by molar-refractivity contribution is 8.01. The van der Waals surface area contributed by atoms with Crippen LogP contribution in [0.15, 0.2) is 53.4 Å². The Labute approximate surface area is 176 Å². The first-order chi connectivity index (χ1) is 13.9. The number of aryl methyl sites for hydroxylation is 1. The Hall–Kier alpha value is -2.47. The summed E-state index contributed by atoms with van der Waals surface area (Å²) >= 11 is 1.45. The summed E-state index contributed by atoms with van der Waals surface area (Å²) in [7, 11) is 0. The standard InChI is InChI=1S/C23H28N2O3S/c1-15(2)28-18-12-10-17(11-13-18)9-8-16(3)24-22(26)14-21-23(27)25-19-6-4-5-7-20(19)29-21/h4-7,10-13,15-16,21H,8-9,14H2,1-3H3,(H,24,26)(H,25,27). The number of hydrogen-bond donors (Lipinski definition) is 2. The quantitative estimate of drug-likeness (QED) is 0.674. The molecule has 5 nitrogen and oxygen atoms in total. The Morgan fingerprint density at radius 3 is 2.59 bits per heavy atom. The van der Waals surface area contributed by atoms with Gasteiger partial charge in [-0.25, -0.2) is 0 Å². The molecule has 0 radical (unpaired) electrons. The first-order valence-corrected chi connectivity index (χ1v) is 10.9. The molecule has 0 aliphatic carbocycles. The van der Waals surface area contributed by atoms with Gasteiger partial charge in [-0.05, 0) is 63.4 Å². The molecule has 0 saturated heterocycles. The summed E-state index contributed by atoms with van der Waals surface area (Å²) in [4.78, 5) is 25.7. The van der Waals surface area contributed by atoms with E-state index in [-0.39, 0.29) is 30.4 Å². The molecule has 2 N–H and O–H groups in total. The lowest BCUT2D eigenvalue weighted by atomic mass is 10.1. The molecule has 1 aliphatic rings. The molecule has 154 valence electrons. The SMILES string of the molecule is CC(CCc1ccc(OC(C)C)cc1)NC(=O)CC1Sc2ccccc2NC1=O. The van der Waals surface area contributed by atoms with Gasteiger partial charge >= 0.3 is 0 Å². The van der Waals surface area contributed by atoms with E-state index in [4.69, 9.17) is 4.74 Å². The number of carbonyl (C=O) groups excluding carboxylic acids is 2. The maximum absolute atomic E-state index is 12.4. The number of nitrogens with one attached hydrogen (secondary N) is 2. The number of para-hydroxylation sites is 1. The summed E-state index contributed by atoms with van der Waals surface area (Å²) in [5.41, 5.74) is 2.03. The smallest absolute Gasteiger partial charge is 0.238 e. The monoisotopic (exact) mass is 412 g/mol. The van der Waals surface area contributed by atoms with Crippen LogP contribution in [0.1, 0.15) is 39.2 Å². The van der Waals surface area contributed by atoms with E-state index in [2.05, 4.69) is 22.8 Å². The van der Waals surface area contributed by atoms with E-state index in [1.165, 1.54) is 17.3 Å². The van der Waals surface area contributed by atoms with Crippen molar-refractivity contribution in [1.82, 2.24) is 5.32 Å². The Kier molecular flexibility index (Phi) is 7.20. The number of carbonyl (C=O) groups is 2. The molecule has 0 spiro atoms. The maximum Gasteiger partial charge on any atom is 0.238 e. The van der Waals surface area contributed by atoms with Crippen molar-refractivity contribution in [3.63, 3.8) is 0 Å². The third kappa shape index (κ3) is 6.26. The fourth-order valence-electron chi connectivity index (χ4n) is 3.19. The van der Waals surface area contributed by atoms with Gasteiger partial charge in [-0.2, -0.15) is 0 Å². The fourth-order valence-corrected chi connectivity index (χ4v) is 4.30. The van der Waals surface area contributed by atoms with E-state index in [9.17, 15) is 9.59 Å². The Bertz CT molecular complexity index is 851. The summed E-state index contributed by atoms with van der Waals surface area (Å²) in [6, 6.07) is 15.8. The lowest BCUT2D eigenvalue weighted by Gasteiger charge is -2.24. The molecule has 0 bridgehead atoms. The molecule has 2 amide bonds. The van der Waals surface area contributed by atoms with Gasteiger partial charge in [0.25, 0.3) is 0 Å². The van der Waals surface area contributed by atoms with Crippen molar-refractivity contribution in [2.45, 2.75) is 62.3 Å². The average Bonchev–Trinajstić information content (AvgIpc) is 2.67. The molecule has 3 rings (SSSR count). The van der Waals surface area contributed by atoms with Crippen LogP contribution in [0.25, 0.3) is 0 Å². The second kappa shape index (κ2) is 9.83. The van der Waals surface area contributed by atoms with Gasteiger partial charge in [-0.15, -0.1) is 11.8 Å². The molecule has 2 unspecified atom stereocenters. The second-order valence-corrected chi connectivity index (χ2v) is 8.86. The van der Waals surface area contributed by atoms with Crippen molar-refractivity contribution < 1.29 is 14.3 Å². The van der Waals surface area contributed by atoms with Crippen LogP contribution in [0.5, 0.6) is 5.75 Å². The highest BCUT2D eigenvalue weighted by Gasteiger charge is 2.29. The van der Waals surface area contributed by atoms with Crippen molar-refractivity contribution in [1.29, 1.82) is 0 Å². The minimum absolute atomic E-state index is 0.0398. The summed E-state index contributed by atoms with van der Waals surface area (Å²) < 4.78 is 5.66. The number of amides is 2. The van der Waals surface area contributed by atoms with Crippen LogP contribution >= 0.6 is 11.8 Å². The Balaban J connectivity index is 1.44. The minimum Gasteiger partial charge on any atom is -0.491 e. The molecule has 6 heteroatoms. The second-order valence-electron chi connectivity index (χ2n) is 7.61. The number of hydrogen-bond acceptors (Lipinski definition) is 4. The van der Waals surface area contributed by atoms with E-state index < -0.39 is 5.25 Å². The molecular weight excluding hydrogens is 384 g/mol. The van der Waals surface area contributed by atoms with Crippen LogP contribution in [0.2, 0.25) is 0 Å². The molecule has 1 heterocycles. The molecule has 0 saturated carbocycles. The molecule has 2 atom stereocenters. The molecule has 29 heavy (non-hydrogen) atoms. The van der Waals surface area contributed by atoms with Crippen LogP contribution in [-0.2, 0) is 16.0 Å². The normalized spacial score (nSPS) is 16.7. The minimum atomic E-state index is -0.398. The first-order valence-electron chi connectivity index (χ1n) is 10.0. The zero-order valence-corrected chi connectivity index (χ0v) is 17.9. The van der Waals surface area contributed by atoms with E-state index in [1.807, 2.05) is 57.2 Å². The van der Waals surface area contributed by atoms with Crippen molar-refractivity contribution in [3.05, 3.63) is 54.1 Å². The summed E-state index contributed by atoms with van der Waals surface area (Å²) in [5, 5.41) is 5.51. The van der Waals surface area contributed by atoms with Crippen LogP contribution in [0.4, 0.5) is 5.69 Å². The van der Waals surface area contributed by atoms with Crippen molar-refractivity contribution >= 4 is 29.3 Å². The molecule has 2 aromatic rings. The zero-order chi connectivity index (χ0) is 20.8. The maximum atomic E-state index is 12.4. The van der Waals surface area contributed by atoms with Gasteiger partial charge in [-0.1, -0.05) is 24.3 Å². The van der Waals surface area contributed by atoms with E-state index >= 15 is 0 Å². The lowest BCUT2D eigenvalue weighted by molar-refractivity contribution is -0.124. The number of benzene rings is 2. The van der Waals surface area contributed by atoms with Crippen molar-refractivity contribution in [2.75, 3.05) is 5.32 Å². The number of ether oxygens (including phenoxy) is 1. The predicted molar refractivity (Wildman–Crippen MR) is 117 cm³/mol. The topological polar surface area (TPSA) is 67.4 Å². The third-order valence-electron chi connectivity index (χ3n) is 4.65. The van der Waals surface area contributed by atoms with E-state index in [1.54, 1.807) is 0 Å². The van der Waals surface area contributed by atoms with E-state index in [0.29, 0.717) is 0 Å². The van der Waals surface area contributed by atoms with Crippen LogP contribution < -0.4 is 15.4 Å². The highest BCUT2D eigenvalue weighted by Crippen LogP contribution is 2.36. The zero-order valence-electron chi connectivity index (χ0n) is 17.1. The van der Waals surface area contributed by atoms with Gasteiger partial charge in [0.05, 0.1) is 17.0 Å². The molecule has 0 fully saturated rings. The number of fused-ring (bicyclic) bond motifs is 1. The summed E-state index contributed by atoms with van der Waals surface area (Å²) in [6.07, 6.45) is 2.04. The van der Waals surface area contributed by atoms with Gasteiger partial charge in [0.2, 0.25) is 11.8 Å². The third-order valence-corrected chi connectivity index (χ3v) is 5.92. The molecule has 0 aromatic heterocycles. The van der Waals surface area contributed by atoms with Gasteiger partial charge in [0, 0.05) is 17.4 Å².